The lowest BCUT2D eigenvalue weighted by Gasteiger charge is -2.21. The van der Waals surface area contributed by atoms with Gasteiger partial charge >= 0.3 is 0 Å². The summed E-state index contributed by atoms with van der Waals surface area (Å²) in [5.74, 6) is 0. The Balaban J connectivity index is 2.60. The number of hydrogen-bond acceptors (Lipinski definition) is 2. The first-order valence-electron chi connectivity index (χ1n) is 7.27. The van der Waals surface area contributed by atoms with Crippen molar-refractivity contribution in [3.8, 4) is 0 Å². The molecular weight excluding hydrogens is 300 g/mol. The molecule has 0 heterocycles. The van der Waals surface area contributed by atoms with Crippen molar-refractivity contribution >= 4 is 21.6 Å². The molecule has 2 nitrogen and oxygen atoms in total. The number of unbranched alkanes of at least 4 members (excludes halogenated alkanes) is 2. The Hall–Kier alpha value is -0.540. The number of nitrogens with zero attached hydrogens (tertiary/aromatic N) is 1. The number of rotatable bonds is 8. The summed E-state index contributed by atoms with van der Waals surface area (Å²) in [6, 6.07) is 7.18. The Morgan fingerprint density at radius 3 is 2.58 bits per heavy atom. The van der Waals surface area contributed by atoms with Gasteiger partial charge in [-0.1, -0.05) is 39.7 Å². The summed E-state index contributed by atoms with van der Waals surface area (Å²) in [6.07, 6.45) is 3.84. The Morgan fingerprint density at radius 1 is 1.26 bits per heavy atom. The van der Waals surface area contributed by atoms with Crippen LogP contribution in [0.2, 0.25) is 0 Å². The zero-order chi connectivity index (χ0) is 14.3. The van der Waals surface area contributed by atoms with Crippen LogP contribution in [0.15, 0.2) is 22.7 Å². The fourth-order valence-corrected chi connectivity index (χ4v) is 2.74. The van der Waals surface area contributed by atoms with Crippen molar-refractivity contribution in [2.75, 3.05) is 18.5 Å². The molecule has 1 aromatic rings. The maximum Gasteiger partial charge on any atom is 0.0508 e. The lowest BCUT2D eigenvalue weighted by Crippen LogP contribution is -2.22. The van der Waals surface area contributed by atoms with Gasteiger partial charge in [0.25, 0.3) is 0 Å². The second kappa shape index (κ2) is 8.60. The molecule has 0 spiro atoms. The molecule has 0 aliphatic carbocycles. The van der Waals surface area contributed by atoms with Gasteiger partial charge in [0.15, 0.2) is 0 Å². The van der Waals surface area contributed by atoms with Crippen molar-refractivity contribution in [1.29, 1.82) is 0 Å². The molecule has 19 heavy (non-hydrogen) atoms. The highest BCUT2D eigenvalue weighted by Gasteiger charge is 2.06. The number of hydrogen-bond donors (Lipinski definition) is 1. The largest absolute Gasteiger partial charge is 0.374 e. The van der Waals surface area contributed by atoms with E-state index in [-0.39, 0.29) is 0 Å². The van der Waals surface area contributed by atoms with E-state index in [2.05, 4.69) is 72.2 Å². The smallest absolute Gasteiger partial charge is 0.0508 e. The van der Waals surface area contributed by atoms with Crippen LogP contribution >= 0.6 is 15.9 Å². The average molecular weight is 327 g/mol. The van der Waals surface area contributed by atoms with Gasteiger partial charge in [0.05, 0.1) is 5.69 Å². The molecule has 0 atom stereocenters. The van der Waals surface area contributed by atoms with E-state index in [0.29, 0.717) is 6.04 Å². The summed E-state index contributed by atoms with van der Waals surface area (Å²) >= 11 is 3.69. The molecule has 0 radical (unpaired) electrons. The molecular formula is C16H27BrN2. The van der Waals surface area contributed by atoms with E-state index < -0.39 is 0 Å². The zero-order valence-electron chi connectivity index (χ0n) is 12.7. The van der Waals surface area contributed by atoms with E-state index in [0.717, 1.165) is 13.1 Å². The van der Waals surface area contributed by atoms with Gasteiger partial charge in [0.1, 0.15) is 0 Å². The predicted molar refractivity (Wildman–Crippen MR) is 88.9 cm³/mol. The summed E-state index contributed by atoms with van der Waals surface area (Å²) in [5.41, 5.74) is 2.61. The Kier molecular flexibility index (Phi) is 7.47. The van der Waals surface area contributed by atoms with E-state index in [9.17, 15) is 0 Å². The van der Waals surface area contributed by atoms with Gasteiger partial charge in [-0.25, -0.2) is 0 Å². The average Bonchev–Trinajstić information content (AvgIpc) is 2.36. The molecule has 108 valence electrons. The van der Waals surface area contributed by atoms with E-state index in [1.165, 1.54) is 35.0 Å². The third kappa shape index (κ3) is 5.96. The minimum Gasteiger partial charge on any atom is -0.374 e. The first-order chi connectivity index (χ1) is 9.04. The molecule has 3 heteroatoms. The van der Waals surface area contributed by atoms with Gasteiger partial charge in [0, 0.05) is 30.7 Å². The number of anilines is 1. The van der Waals surface area contributed by atoms with Crippen molar-refractivity contribution in [1.82, 2.24) is 5.32 Å². The third-order valence-corrected chi connectivity index (χ3v) is 3.87. The maximum atomic E-state index is 3.69. The molecule has 0 saturated heterocycles. The van der Waals surface area contributed by atoms with Crippen LogP contribution in [-0.2, 0) is 6.54 Å². The van der Waals surface area contributed by atoms with E-state index >= 15 is 0 Å². The Labute approximate surface area is 126 Å². The second-order valence-electron chi connectivity index (χ2n) is 5.45. The molecule has 0 fully saturated rings. The van der Waals surface area contributed by atoms with Crippen LogP contribution in [0.5, 0.6) is 0 Å². The van der Waals surface area contributed by atoms with Crippen molar-refractivity contribution in [3.05, 3.63) is 28.2 Å². The van der Waals surface area contributed by atoms with Crippen molar-refractivity contribution < 1.29 is 0 Å². The van der Waals surface area contributed by atoms with Gasteiger partial charge in [-0.2, -0.15) is 0 Å². The summed E-state index contributed by atoms with van der Waals surface area (Å²) < 4.78 is 1.19. The minimum atomic E-state index is 0.523. The molecule has 0 unspecified atom stereocenters. The lowest BCUT2D eigenvalue weighted by atomic mass is 10.1. The monoisotopic (exact) mass is 326 g/mol. The van der Waals surface area contributed by atoms with Gasteiger partial charge in [0.2, 0.25) is 0 Å². The standard InChI is InChI=1S/C16H27BrN2/c1-5-6-7-10-19(4)16-9-8-14(11-15(16)17)12-18-13(2)3/h8-9,11,13,18H,5-7,10,12H2,1-4H3. The van der Waals surface area contributed by atoms with Crippen LogP contribution in [0, 0.1) is 0 Å². The molecule has 1 aromatic carbocycles. The lowest BCUT2D eigenvalue weighted by molar-refractivity contribution is 0.588. The summed E-state index contributed by atoms with van der Waals surface area (Å²) in [7, 11) is 2.17. The SMILES string of the molecule is CCCCCN(C)c1ccc(CNC(C)C)cc1Br. The highest BCUT2D eigenvalue weighted by Crippen LogP contribution is 2.27. The molecule has 1 rings (SSSR count). The van der Waals surface area contributed by atoms with E-state index in [1.807, 2.05) is 0 Å². The van der Waals surface area contributed by atoms with Gasteiger partial charge in [-0.15, -0.1) is 0 Å². The van der Waals surface area contributed by atoms with Crippen LogP contribution < -0.4 is 10.2 Å². The summed E-state index contributed by atoms with van der Waals surface area (Å²) in [4.78, 5) is 2.33. The van der Waals surface area contributed by atoms with Crippen LogP contribution in [0.4, 0.5) is 5.69 Å². The van der Waals surface area contributed by atoms with Crippen molar-refractivity contribution in [3.63, 3.8) is 0 Å². The van der Waals surface area contributed by atoms with Crippen LogP contribution in [0.3, 0.4) is 0 Å². The topological polar surface area (TPSA) is 15.3 Å². The zero-order valence-corrected chi connectivity index (χ0v) is 14.3. The first kappa shape index (κ1) is 16.5. The number of nitrogens with one attached hydrogen (secondary N) is 1. The Bertz CT molecular complexity index is 377. The van der Waals surface area contributed by atoms with E-state index in [1.54, 1.807) is 0 Å². The highest BCUT2D eigenvalue weighted by atomic mass is 79.9. The molecule has 1 N–H and O–H groups in total. The molecule has 0 saturated carbocycles. The van der Waals surface area contributed by atoms with Crippen LogP contribution in [0.1, 0.15) is 45.6 Å². The molecule has 0 aromatic heterocycles. The highest BCUT2D eigenvalue weighted by molar-refractivity contribution is 9.10. The quantitative estimate of drug-likeness (QED) is 0.704. The Morgan fingerprint density at radius 2 is 2.00 bits per heavy atom. The van der Waals surface area contributed by atoms with Gasteiger partial charge in [-0.3, -0.25) is 0 Å². The van der Waals surface area contributed by atoms with Crippen LogP contribution in [-0.4, -0.2) is 19.6 Å². The predicted octanol–water partition coefficient (Wildman–Crippen LogP) is 4.57. The number of halogens is 1. The fraction of sp³-hybridized carbons (Fsp3) is 0.625. The number of benzene rings is 1. The van der Waals surface area contributed by atoms with Crippen molar-refractivity contribution in [2.45, 2.75) is 52.6 Å². The first-order valence-corrected chi connectivity index (χ1v) is 8.06. The minimum absolute atomic E-state index is 0.523. The van der Waals surface area contributed by atoms with Crippen LogP contribution in [0.25, 0.3) is 0 Å². The summed E-state index contributed by atoms with van der Waals surface area (Å²) in [6.45, 7) is 8.63. The van der Waals surface area contributed by atoms with E-state index in [4.69, 9.17) is 0 Å². The van der Waals surface area contributed by atoms with Gasteiger partial charge < -0.3 is 10.2 Å². The maximum absolute atomic E-state index is 3.69. The molecule has 0 bridgehead atoms. The second-order valence-corrected chi connectivity index (χ2v) is 6.30. The van der Waals surface area contributed by atoms with Gasteiger partial charge in [-0.05, 0) is 40.0 Å². The third-order valence-electron chi connectivity index (χ3n) is 3.23. The van der Waals surface area contributed by atoms with Crippen molar-refractivity contribution in [2.24, 2.45) is 0 Å². The normalized spacial score (nSPS) is 11.1. The fourth-order valence-electron chi connectivity index (χ4n) is 2.01. The molecule has 0 amide bonds. The molecule has 0 aliphatic rings. The molecule has 0 aliphatic heterocycles. The summed E-state index contributed by atoms with van der Waals surface area (Å²) in [5, 5.41) is 3.45.